The number of carbonyl (C=O) groups excluding carboxylic acids is 1. The van der Waals surface area contributed by atoms with Crippen molar-refractivity contribution in [2.75, 3.05) is 6.54 Å². The van der Waals surface area contributed by atoms with Gasteiger partial charge in [0, 0.05) is 0 Å². The molecular formula is C21H25F3N6O5. The number of hydrogen-bond acceptors (Lipinski definition) is 5. The SMILES string of the molecule is NCCC[C@@H](C(N)=O)N(C(N)=N[N+](=O)[O-])C(c1ccccc1)c1ccccc1.O=C(O)C(F)(F)F. The second-order valence-corrected chi connectivity index (χ2v) is 6.98. The molecule has 0 aliphatic heterocycles. The number of nitrogens with zero attached hydrogens (tertiary/aromatic N) is 3. The van der Waals surface area contributed by atoms with Crippen LogP contribution < -0.4 is 17.2 Å². The van der Waals surface area contributed by atoms with Crippen LogP contribution in [-0.4, -0.2) is 51.6 Å². The molecule has 1 amide bonds. The molecule has 1 atom stereocenters. The summed E-state index contributed by atoms with van der Waals surface area (Å²) in [6.45, 7) is 0.339. The van der Waals surface area contributed by atoms with Gasteiger partial charge in [0.15, 0.2) is 5.03 Å². The summed E-state index contributed by atoms with van der Waals surface area (Å²) in [5, 5.41) is 20.5. The highest BCUT2D eigenvalue weighted by atomic mass is 19.4. The fourth-order valence-electron chi connectivity index (χ4n) is 3.12. The van der Waals surface area contributed by atoms with Crippen molar-refractivity contribution in [1.82, 2.24) is 4.90 Å². The summed E-state index contributed by atoms with van der Waals surface area (Å²) in [4.78, 5) is 33.6. The molecule has 0 saturated heterocycles. The first-order valence-corrected chi connectivity index (χ1v) is 10.1. The van der Waals surface area contributed by atoms with E-state index in [1.807, 2.05) is 60.7 Å². The topological polar surface area (TPSA) is 191 Å². The van der Waals surface area contributed by atoms with E-state index in [1.54, 1.807) is 0 Å². The zero-order chi connectivity index (χ0) is 26.6. The van der Waals surface area contributed by atoms with Crippen LogP contribution in [0.2, 0.25) is 0 Å². The van der Waals surface area contributed by atoms with E-state index < -0.39 is 41.1 Å². The Labute approximate surface area is 198 Å². The first-order chi connectivity index (χ1) is 16.4. The zero-order valence-electron chi connectivity index (χ0n) is 18.3. The van der Waals surface area contributed by atoms with E-state index in [2.05, 4.69) is 5.10 Å². The van der Waals surface area contributed by atoms with Crippen LogP contribution in [0.3, 0.4) is 0 Å². The lowest BCUT2D eigenvalue weighted by molar-refractivity contribution is -0.485. The van der Waals surface area contributed by atoms with Crippen molar-refractivity contribution in [2.24, 2.45) is 22.3 Å². The van der Waals surface area contributed by atoms with Gasteiger partial charge >= 0.3 is 12.1 Å². The summed E-state index contributed by atoms with van der Waals surface area (Å²) in [5.74, 6) is -3.82. The zero-order valence-corrected chi connectivity index (χ0v) is 18.3. The van der Waals surface area contributed by atoms with Gasteiger partial charge in [-0.05, 0) is 30.5 Å². The van der Waals surface area contributed by atoms with Crippen LogP contribution >= 0.6 is 0 Å². The number of aliphatic carboxylic acids is 1. The summed E-state index contributed by atoms with van der Waals surface area (Å²) in [6.07, 6.45) is -4.30. The number of rotatable bonds is 9. The molecule has 0 bridgehead atoms. The average Bonchev–Trinajstić information content (AvgIpc) is 2.79. The minimum Gasteiger partial charge on any atom is -0.475 e. The molecule has 0 heterocycles. The monoisotopic (exact) mass is 498 g/mol. The summed E-state index contributed by atoms with van der Waals surface area (Å²) >= 11 is 0. The molecule has 0 saturated carbocycles. The van der Waals surface area contributed by atoms with Crippen LogP contribution in [-0.2, 0) is 9.59 Å². The molecule has 0 radical (unpaired) electrons. The van der Waals surface area contributed by atoms with Crippen LogP contribution in [0.1, 0.15) is 30.0 Å². The van der Waals surface area contributed by atoms with E-state index >= 15 is 0 Å². The fourth-order valence-corrected chi connectivity index (χ4v) is 3.12. The van der Waals surface area contributed by atoms with Gasteiger partial charge in [-0.1, -0.05) is 60.7 Å². The smallest absolute Gasteiger partial charge is 0.475 e. The Balaban J connectivity index is 0.000000762. The molecule has 0 aliphatic rings. The third-order valence-electron chi connectivity index (χ3n) is 4.55. The molecule has 0 aromatic heterocycles. The van der Waals surface area contributed by atoms with Gasteiger partial charge in [0.25, 0.3) is 5.96 Å². The lowest BCUT2D eigenvalue weighted by atomic mass is 9.94. The molecule has 7 N–H and O–H groups in total. The fraction of sp³-hybridized carbons (Fsp3) is 0.286. The highest BCUT2D eigenvalue weighted by Crippen LogP contribution is 2.31. The lowest BCUT2D eigenvalue weighted by Gasteiger charge is -2.37. The van der Waals surface area contributed by atoms with Crippen molar-refractivity contribution in [3.63, 3.8) is 0 Å². The number of primary amides is 1. The Bertz CT molecular complexity index is 966. The van der Waals surface area contributed by atoms with E-state index in [9.17, 15) is 28.1 Å². The number of carboxylic acid groups (broad SMARTS) is 1. The molecule has 2 rings (SSSR count). The summed E-state index contributed by atoms with van der Waals surface area (Å²) in [5.41, 5.74) is 18.8. The molecule has 0 spiro atoms. The number of halogens is 3. The number of hydrogen-bond donors (Lipinski definition) is 4. The molecule has 2 aromatic carbocycles. The normalized spacial score (nSPS) is 12.3. The van der Waals surface area contributed by atoms with Crippen LogP contribution in [0.25, 0.3) is 0 Å². The van der Waals surface area contributed by atoms with Gasteiger partial charge in [-0.15, -0.1) is 0 Å². The van der Waals surface area contributed by atoms with Gasteiger partial charge in [0.1, 0.15) is 11.1 Å². The number of hydrazone groups is 1. The molecule has 35 heavy (non-hydrogen) atoms. The molecule has 190 valence electrons. The number of alkyl halides is 3. The van der Waals surface area contributed by atoms with Gasteiger partial charge in [0.05, 0.1) is 6.04 Å². The van der Waals surface area contributed by atoms with Crippen LogP contribution in [0.4, 0.5) is 13.2 Å². The largest absolute Gasteiger partial charge is 0.490 e. The van der Waals surface area contributed by atoms with Crippen LogP contribution in [0.5, 0.6) is 0 Å². The maximum atomic E-state index is 12.3. The average molecular weight is 498 g/mol. The van der Waals surface area contributed by atoms with Crippen molar-refractivity contribution < 1.29 is 32.9 Å². The Morgan fingerprint density at radius 2 is 1.46 bits per heavy atom. The van der Waals surface area contributed by atoms with Gasteiger partial charge in [-0.2, -0.15) is 13.2 Å². The van der Waals surface area contributed by atoms with Crippen molar-refractivity contribution in [3.8, 4) is 0 Å². The number of carbonyl (C=O) groups is 2. The van der Waals surface area contributed by atoms with E-state index in [-0.39, 0.29) is 6.42 Å². The first kappa shape index (κ1) is 28.8. The molecule has 14 heteroatoms. The number of carboxylic acids is 1. The van der Waals surface area contributed by atoms with Crippen LogP contribution in [0.15, 0.2) is 65.8 Å². The second kappa shape index (κ2) is 13.5. The molecule has 0 fully saturated rings. The highest BCUT2D eigenvalue weighted by Gasteiger charge is 2.38. The quantitative estimate of drug-likeness (QED) is 0.174. The van der Waals surface area contributed by atoms with Gasteiger partial charge in [0.2, 0.25) is 5.91 Å². The summed E-state index contributed by atoms with van der Waals surface area (Å²) in [7, 11) is 0. The van der Waals surface area contributed by atoms with E-state index in [1.165, 1.54) is 4.90 Å². The number of benzene rings is 2. The van der Waals surface area contributed by atoms with E-state index in [0.717, 1.165) is 11.1 Å². The first-order valence-electron chi connectivity index (χ1n) is 10.1. The Morgan fingerprint density at radius 1 is 1.03 bits per heavy atom. The molecule has 2 aromatic rings. The minimum absolute atomic E-state index is 0.288. The maximum absolute atomic E-state index is 12.3. The predicted octanol–water partition coefficient (Wildman–Crippen LogP) is 1.81. The van der Waals surface area contributed by atoms with Crippen molar-refractivity contribution >= 4 is 17.8 Å². The number of amides is 1. The summed E-state index contributed by atoms with van der Waals surface area (Å²) < 4.78 is 31.7. The molecule has 0 aliphatic carbocycles. The number of nitro groups is 1. The van der Waals surface area contributed by atoms with Gasteiger partial charge in [-0.3, -0.25) is 4.79 Å². The lowest BCUT2D eigenvalue weighted by Crippen LogP contribution is -2.53. The predicted molar refractivity (Wildman–Crippen MR) is 120 cm³/mol. The molecule has 11 nitrogen and oxygen atoms in total. The Morgan fingerprint density at radius 3 is 1.77 bits per heavy atom. The van der Waals surface area contributed by atoms with E-state index in [4.69, 9.17) is 27.1 Å². The summed E-state index contributed by atoms with van der Waals surface area (Å²) in [6, 6.07) is 16.9. The third kappa shape index (κ3) is 9.29. The van der Waals surface area contributed by atoms with Gasteiger partial charge < -0.3 is 27.2 Å². The third-order valence-corrected chi connectivity index (χ3v) is 4.55. The maximum Gasteiger partial charge on any atom is 0.490 e. The molecular weight excluding hydrogens is 473 g/mol. The highest BCUT2D eigenvalue weighted by molar-refractivity contribution is 5.88. The van der Waals surface area contributed by atoms with Crippen LogP contribution in [0, 0.1) is 10.1 Å². The number of guanidine groups is 1. The second-order valence-electron chi connectivity index (χ2n) is 6.98. The van der Waals surface area contributed by atoms with E-state index in [0.29, 0.717) is 13.0 Å². The van der Waals surface area contributed by atoms with Crippen molar-refractivity contribution in [1.29, 1.82) is 0 Å². The standard InChI is InChI=1S/C19H24N6O3.C2HF3O2/c20-13-7-12-16(18(21)26)24(19(22)23-25(27)28)17(14-8-3-1-4-9-14)15-10-5-2-6-11-15;3-2(4,5)1(6)7/h1-6,8-11,16-17H,7,12-13,20H2,(H2,21,26)(H2,22,23);(H,6,7)/t16-;/m0./s1. The Hall–Kier alpha value is -4.20. The van der Waals surface area contributed by atoms with Crippen molar-refractivity contribution in [3.05, 3.63) is 81.9 Å². The number of nitrogens with two attached hydrogens (primary N) is 3. The minimum atomic E-state index is -5.08. The van der Waals surface area contributed by atoms with Gasteiger partial charge in [-0.25, -0.2) is 14.9 Å². The molecule has 0 unspecified atom stereocenters. The van der Waals surface area contributed by atoms with Crippen molar-refractivity contribution in [2.45, 2.75) is 31.1 Å². The Kier molecular flexibility index (Phi) is 11.1.